The highest BCUT2D eigenvalue weighted by atomic mass is 16.5. The van der Waals surface area contributed by atoms with Gasteiger partial charge in [-0.05, 0) is 56.6 Å². The summed E-state index contributed by atoms with van der Waals surface area (Å²) in [6.45, 7) is 3.47. The molecule has 194 valence electrons. The van der Waals surface area contributed by atoms with E-state index in [9.17, 15) is 14.4 Å². The fourth-order valence-corrected chi connectivity index (χ4v) is 4.84. The Kier molecular flexibility index (Phi) is 9.74. The summed E-state index contributed by atoms with van der Waals surface area (Å²) >= 11 is 0. The van der Waals surface area contributed by atoms with E-state index in [0.29, 0.717) is 32.4 Å². The number of carbonyl (C=O) groups excluding carboxylic acids is 2. The van der Waals surface area contributed by atoms with Crippen LogP contribution in [0.2, 0.25) is 0 Å². The molecule has 9 nitrogen and oxygen atoms in total. The van der Waals surface area contributed by atoms with Crippen LogP contribution in [0, 0.1) is 5.41 Å². The van der Waals surface area contributed by atoms with E-state index in [1.54, 1.807) is 0 Å². The normalized spacial score (nSPS) is 17.6. The van der Waals surface area contributed by atoms with Gasteiger partial charge < -0.3 is 25.4 Å². The summed E-state index contributed by atoms with van der Waals surface area (Å²) in [5, 5.41) is 15.4. The van der Waals surface area contributed by atoms with E-state index in [1.165, 1.54) is 24.0 Å². The summed E-state index contributed by atoms with van der Waals surface area (Å²) in [7, 11) is 1.33. The van der Waals surface area contributed by atoms with Gasteiger partial charge in [0.2, 0.25) is 5.91 Å². The first-order valence-corrected chi connectivity index (χ1v) is 12.9. The zero-order valence-electron chi connectivity index (χ0n) is 21.1. The maximum atomic E-state index is 12.9. The number of nitrogens with one attached hydrogen (secondary N) is 2. The molecule has 0 radical (unpaired) electrons. The Hall–Kier alpha value is -2.84. The summed E-state index contributed by atoms with van der Waals surface area (Å²) in [5.41, 5.74) is 1.76. The fourth-order valence-electron chi connectivity index (χ4n) is 4.84. The molecule has 0 spiro atoms. The van der Waals surface area contributed by atoms with Crippen molar-refractivity contribution < 1.29 is 24.2 Å². The molecule has 2 amide bonds. The minimum atomic E-state index is -0.962. The van der Waals surface area contributed by atoms with Gasteiger partial charge in [0, 0.05) is 30.7 Å². The Balaban J connectivity index is 1.36. The lowest BCUT2D eigenvalue weighted by Gasteiger charge is -2.37. The van der Waals surface area contributed by atoms with Crippen molar-refractivity contribution in [3.63, 3.8) is 0 Å². The number of likely N-dealkylation sites (tertiary alicyclic amines) is 1. The van der Waals surface area contributed by atoms with Gasteiger partial charge in [-0.15, -0.1) is 0 Å². The molecule has 1 aromatic rings. The highest BCUT2D eigenvalue weighted by molar-refractivity contribution is 5.88. The summed E-state index contributed by atoms with van der Waals surface area (Å²) in [6.07, 6.45) is 8.73. The van der Waals surface area contributed by atoms with Crippen LogP contribution in [-0.4, -0.2) is 65.7 Å². The van der Waals surface area contributed by atoms with E-state index < -0.39 is 23.5 Å². The van der Waals surface area contributed by atoms with Crippen LogP contribution in [0.3, 0.4) is 0 Å². The third-order valence-electron chi connectivity index (χ3n) is 7.35. The molecule has 2 aliphatic heterocycles. The Bertz CT molecular complexity index is 882. The van der Waals surface area contributed by atoms with E-state index in [-0.39, 0.29) is 5.91 Å². The van der Waals surface area contributed by atoms with Crippen molar-refractivity contribution in [3.05, 3.63) is 23.4 Å². The number of amides is 2. The molecule has 0 saturated carbocycles. The third-order valence-corrected chi connectivity index (χ3v) is 7.35. The van der Waals surface area contributed by atoms with E-state index in [1.807, 2.05) is 6.92 Å². The number of unbranched alkanes of at least 4 members (excludes halogenated alkanes) is 4. The van der Waals surface area contributed by atoms with Crippen LogP contribution in [0.5, 0.6) is 0 Å². The highest BCUT2D eigenvalue weighted by Gasteiger charge is 2.39. The van der Waals surface area contributed by atoms with E-state index in [0.717, 1.165) is 63.0 Å². The summed E-state index contributed by atoms with van der Waals surface area (Å²) in [6, 6.07) is 3.66. The van der Waals surface area contributed by atoms with Gasteiger partial charge in [0.1, 0.15) is 11.9 Å². The number of anilines is 1. The largest absolute Gasteiger partial charge is 0.467 e. The molecule has 3 heterocycles. The molecule has 3 N–H and O–H groups in total. The molecule has 2 aliphatic rings. The second-order valence-corrected chi connectivity index (χ2v) is 10.0. The van der Waals surface area contributed by atoms with Gasteiger partial charge in [0.05, 0.1) is 7.11 Å². The average Bonchev–Trinajstić information content (AvgIpc) is 2.86. The lowest BCUT2D eigenvalue weighted by atomic mass is 9.79. The molecular formula is C26H40N4O5. The number of hydrogen-bond acceptors (Lipinski definition) is 6. The van der Waals surface area contributed by atoms with Crippen molar-refractivity contribution >= 4 is 23.8 Å². The standard InChI is InChI=1S/C26H40N4O5/c1-26(14-17-30(18-15-26)25(33)34)24(32)29-21(23(31)35-2)11-7-5-3-4-6-10-20-13-12-19-9-8-16-27-22(19)28-20/h12-13,21H,3-11,14-18H2,1-2H3,(H,27,28)(H,29,32)(H,33,34)/t21-/m0/s1. The van der Waals surface area contributed by atoms with Gasteiger partial charge in [-0.3, -0.25) is 4.79 Å². The predicted molar refractivity (Wildman–Crippen MR) is 133 cm³/mol. The van der Waals surface area contributed by atoms with Crippen molar-refractivity contribution in [1.29, 1.82) is 0 Å². The number of piperidine rings is 1. The summed E-state index contributed by atoms with van der Waals surface area (Å²) in [4.78, 5) is 42.4. The van der Waals surface area contributed by atoms with Gasteiger partial charge in [-0.1, -0.05) is 38.7 Å². The minimum absolute atomic E-state index is 0.204. The molecule has 1 fully saturated rings. The SMILES string of the molecule is COC(=O)[C@H](CCCCCCCc1ccc2c(n1)NCCC2)NC(=O)C1(C)CCN(C(=O)O)CC1. The van der Waals surface area contributed by atoms with Crippen LogP contribution in [0.4, 0.5) is 10.6 Å². The second kappa shape index (κ2) is 12.7. The number of nitrogens with zero attached hydrogens (tertiary/aromatic N) is 2. The number of rotatable bonds is 11. The van der Waals surface area contributed by atoms with Crippen LogP contribution in [0.15, 0.2) is 12.1 Å². The molecule has 3 rings (SSSR count). The molecule has 35 heavy (non-hydrogen) atoms. The monoisotopic (exact) mass is 488 g/mol. The van der Waals surface area contributed by atoms with E-state index in [2.05, 4.69) is 22.8 Å². The van der Waals surface area contributed by atoms with Crippen molar-refractivity contribution in [2.75, 3.05) is 32.1 Å². The van der Waals surface area contributed by atoms with Crippen molar-refractivity contribution in [1.82, 2.24) is 15.2 Å². The molecule has 1 saturated heterocycles. The fraction of sp³-hybridized carbons (Fsp3) is 0.692. The average molecular weight is 489 g/mol. The van der Waals surface area contributed by atoms with Gasteiger partial charge in [0.25, 0.3) is 0 Å². The third kappa shape index (κ3) is 7.57. The first-order chi connectivity index (χ1) is 16.8. The topological polar surface area (TPSA) is 121 Å². The van der Waals surface area contributed by atoms with Gasteiger partial charge in [-0.2, -0.15) is 0 Å². The summed E-state index contributed by atoms with van der Waals surface area (Å²) in [5.74, 6) is 0.410. The van der Waals surface area contributed by atoms with Crippen LogP contribution >= 0.6 is 0 Å². The van der Waals surface area contributed by atoms with Crippen molar-refractivity contribution in [3.8, 4) is 0 Å². The highest BCUT2D eigenvalue weighted by Crippen LogP contribution is 2.31. The minimum Gasteiger partial charge on any atom is -0.467 e. The maximum Gasteiger partial charge on any atom is 0.407 e. The number of methoxy groups -OCH3 is 1. The lowest BCUT2D eigenvalue weighted by molar-refractivity contribution is -0.147. The zero-order valence-corrected chi connectivity index (χ0v) is 21.1. The lowest BCUT2D eigenvalue weighted by Crippen LogP contribution is -2.52. The van der Waals surface area contributed by atoms with Crippen LogP contribution in [-0.2, 0) is 27.2 Å². The Labute approximate surface area is 208 Å². The number of ether oxygens (including phenoxy) is 1. The van der Waals surface area contributed by atoms with Crippen LogP contribution < -0.4 is 10.6 Å². The zero-order chi connectivity index (χ0) is 25.3. The molecule has 0 aliphatic carbocycles. The smallest absolute Gasteiger partial charge is 0.407 e. The van der Waals surface area contributed by atoms with E-state index in [4.69, 9.17) is 14.8 Å². The van der Waals surface area contributed by atoms with Crippen molar-refractivity contribution in [2.24, 2.45) is 5.41 Å². The number of esters is 1. The maximum absolute atomic E-state index is 12.9. The van der Waals surface area contributed by atoms with Gasteiger partial charge in [0.15, 0.2) is 0 Å². The number of pyridine rings is 1. The number of aromatic nitrogens is 1. The van der Waals surface area contributed by atoms with Gasteiger partial charge in [-0.25, -0.2) is 14.6 Å². The predicted octanol–water partition coefficient (Wildman–Crippen LogP) is 3.76. The number of hydrogen-bond donors (Lipinski definition) is 3. The number of aryl methyl sites for hydroxylation is 2. The number of carboxylic acid groups (broad SMARTS) is 1. The van der Waals surface area contributed by atoms with Crippen LogP contribution in [0.25, 0.3) is 0 Å². The molecule has 0 bridgehead atoms. The number of carbonyl (C=O) groups is 3. The Morgan fingerprint density at radius 2 is 1.89 bits per heavy atom. The molecule has 1 aromatic heterocycles. The summed E-state index contributed by atoms with van der Waals surface area (Å²) < 4.78 is 4.91. The van der Waals surface area contributed by atoms with Crippen molar-refractivity contribution in [2.45, 2.75) is 83.6 Å². The molecule has 0 unspecified atom stereocenters. The van der Waals surface area contributed by atoms with Gasteiger partial charge >= 0.3 is 12.1 Å². The second-order valence-electron chi connectivity index (χ2n) is 10.0. The quantitative estimate of drug-likeness (QED) is 0.320. The van der Waals surface area contributed by atoms with Crippen LogP contribution in [0.1, 0.15) is 76.0 Å². The molecule has 9 heteroatoms. The van der Waals surface area contributed by atoms with E-state index >= 15 is 0 Å². The molecule has 1 atom stereocenters. The Morgan fingerprint density at radius 3 is 2.60 bits per heavy atom. The Morgan fingerprint density at radius 1 is 1.17 bits per heavy atom. The molecular weight excluding hydrogens is 448 g/mol. The number of fused-ring (bicyclic) bond motifs is 1. The first-order valence-electron chi connectivity index (χ1n) is 12.9. The molecule has 0 aromatic carbocycles. The first kappa shape index (κ1) is 26.8.